The molecule has 1 saturated heterocycles. The van der Waals surface area contributed by atoms with Gasteiger partial charge in [0.05, 0.1) is 11.7 Å². The third-order valence-corrected chi connectivity index (χ3v) is 4.61. The Morgan fingerprint density at radius 1 is 1.33 bits per heavy atom. The summed E-state index contributed by atoms with van der Waals surface area (Å²) in [5.41, 5.74) is 6.52. The molecule has 24 heavy (non-hydrogen) atoms. The van der Waals surface area contributed by atoms with Gasteiger partial charge in [-0.1, -0.05) is 12.1 Å². The highest BCUT2D eigenvalue weighted by Crippen LogP contribution is 2.29. The summed E-state index contributed by atoms with van der Waals surface area (Å²) < 4.78 is 30.2. The van der Waals surface area contributed by atoms with Crippen LogP contribution in [0.2, 0.25) is 0 Å². The largest absolute Gasteiger partial charge is 0.381 e. The van der Waals surface area contributed by atoms with Gasteiger partial charge < -0.3 is 15.8 Å². The molecule has 1 amide bonds. The van der Waals surface area contributed by atoms with E-state index in [1.54, 1.807) is 18.2 Å². The summed E-state index contributed by atoms with van der Waals surface area (Å²) in [6.07, 6.45) is 2.33. The van der Waals surface area contributed by atoms with E-state index in [-0.39, 0.29) is 24.9 Å². The van der Waals surface area contributed by atoms with E-state index in [2.05, 4.69) is 10.0 Å². The number of rotatable bonds is 6. The second-order valence-corrected chi connectivity index (χ2v) is 7.60. The molecule has 4 N–H and O–H groups in total. The van der Waals surface area contributed by atoms with Crippen LogP contribution in [0.1, 0.15) is 18.4 Å². The van der Waals surface area contributed by atoms with Crippen molar-refractivity contribution in [3.63, 3.8) is 0 Å². The van der Waals surface area contributed by atoms with Crippen molar-refractivity contribution in [2.24, 2.45) is 11.1 Å². The first kappa shape index (κ1) is 20.7. The monoisotopic (exact) mass is 377 g/mol. The molecule has 136 valence electrons. The van der Waals surface area contributed by atoms with Crippen LogP contribution in [0.25, 0.3) is 0 Å². The molecule has 1 aliphatic rings. The zero-order chi connectivity index (χ0) is 16.9. The van der Waals surface area contributed by atoms with Crippen LogP contribution >= 0.6 is 12.4 Å². The number of carbonyl (C=O) groups is 1. The van der Waals surface area contributed by atoms with E-state index in [4.69, 9.17) is 10.5 Å². The number of carbonyl (C=O) groups excluding carboxylic acids is 1. The molecule has 0 spiro atoms. The molecule has 1 aromatic rings. The highest BCUT2D eigenvalue weighted by atomic mass is 35.5. The van der Waals surface area contributed by atoms with Gasteiger partial charge in [-0.05, 0) is 30.5 Å². The highest BCUT2D eigenvalue weighted by Gasteiger charge is 2.38. The summed E-state index contributed by atoms with van der Waals surface area (Å²) in [5.74, 6) is -0.0789. The fourth-order valence-electron chi connectivity index (χ4n) is 2.61. The van der Waals surface area contributed by atoms with Crippen molar-refractivity contribution in [3.05, 3.63) is 29.8 Å². The number of sulfonamides is 1. The number of hydrogen-bond acceptors (Lipinski definition) is 5. The zero-order valence-corrected chi connectivity index (χ0v) is 15.2. The molecule has 1 fully saturated rings. The molecule has 0 aliphatic carbocycles. The van der Waals surface area contributed by atoms with Gasteiger partial charge >= 0.3 is 0 Å². The smallest absolute Gasteiger partial charge is 0.229 e. The molecule has 0 saturated carbocycles. The highest BCUT2D eigenvalue weighted by molar-refractivity contribution is 7.92. The van der Waals surface area contributed by atoms with Gasteiger partial charge in [0.25, 0.3) is 0 Å². The minimum atomic E-state index is -3.32. The average Bonchev–Trinajstić information content (AvgIpc) is 2.52. The fraction of sp³-hybridized carbons (Fsp3) is 0.533. The lowest BCUT2D eigenvalue weighted by atomic mass is 9.79. The first-order chi connectivity index (χ1) is 10.8. The van der Waals surface area contributed by atoms with Crippen molar-refractivity contribution in [2.75, 3.05) is 30.7 Å². The maximum absolute atomic E-state index is 12.5. The molecule has 2 rings (SSSR count). The van der Waals surface area contributed by atoms with Gasteiger partial charge in [0.2, 0.25) is 15.9 Å². The summed E-state index contributed by atoms with van der Waals surface area (Å²) in [6, 6.07) is 6.92. The average molecular weight is 378 g/mol. The van der Waals surface area contributed by atoms with Crippen LogP contribution in [0, 0.1) is 5.41 Å². The molecule has 1 aliphatic heterocycles. The summed E-state index contributed by atoms with van der Waals surface area (Å²) in [5, 5.41) is 2.90. The molecule has 9 heteroatoms. The summed E-state index contributed by atoms with van der Waals surface area (Å²) in [7, 11) is -3.32. The van der Waals surface area contributed by atoms with Crippen molar-refractivity contribution < 1.29 is 17.9 Å². The Kier molecular flexibility index (Phi) is 7.47. The van der Waals surface area contributed by atoms with E-state index in [1.807, 2.05) is 6.07 Å². The number of ether oxygens (including phenoxy) is 1. The summed E-state index contributed by atoms with van der Waals surface area (Å²) >= 11 is 0. The summed E-state index contributed by atoms with van der Waals surface area (Å²) in [6.45, 7) is 1.69. The topological polar surface area (TPSA) is 111 Å². The lowest BCUT2D eigenvalue weighted by Gasteiger charge is -2.34. The predicted molar refractivity (Wildman–Crippen MR) is 95.5 cm³/mol. The molecule has 0 unspecified atom stereocenters. The van der Waals surface area contributed by atoms with E-state index in [9.17, 15) is 13.2 Å². The number of amides is 1. The van der Waals surface area contributed by atoms with Crippen LogP contribution in [0.5, 0.6) is 0 Å². The van der Waals surface area contributed by atoms with Crippen LogP contribution in [0.15, 0.2) is 24.3 Å². The normalized spacial score (nSPS) is 16.8. The third-order valence-electron chi connectivity index (χ3n) is 4.01. The number of benzene rings is 1. The van der Waals surface area contributed by atoms with Gasteiger partial charge in [0.1, 0.15) is 0 Å². The third kappa shape index (κ3) is 5.62. The summed E-state index contributed by atoms with van der Waals surface area (Å²) in [4.78, 5) is 12.5. The molecule has 1 aromatic carbocycles. The maximum Gasteiger partial charge on any atom is 0.229 e. The van der Waals surface area contributed by atoms with Gasteiger partial charge in [-0.2, -0.15) is 0 Å². The van der Waals surface area contributed by atoms with Gasteiger partial charge in [0, 0.05) is 32.0 Å². The number of nitrogens with two attached hydrogens (primary N) is 1. The minimum Gasteiger partial charge on any atom is -0.381 e. The van der Waals surface area contributed by atoms with Crippen LogP contribution < -0.4 is 15.8 Å². The number of halogens is 1. The first-order valence-corrected chi connectivity index (χ1v) is 9.37. The number of hydrogen-bond donors (Lipinski definition) is 3. The van der Waals surface area contributed by atoms with Gasteiger partial charge in [-0.3, -0.25) is 9.52 Å². The van der Waals surface area contributed by atoms with Crippen molar-refractivity contribution in [1.82, 2.24) is 5.32 Å². The van der Waals surface area contributed by atoms with Crippen molar-refractivity contribution >= 4 is 34.0 Å². The Morgan fingerprint density at radius 2 is 2.00 bits per heavy atom. The van der Waals surface area contributed by atoms with E-state index in [0.29, 0.717) is 38.3 Å². The van der Waals surface area contributed by atoms with Crippen LogP contribution in [-0.2, 0) is 26.1 Å². The molecule has 0 atom stereocenters. The molecular weight excluding hydrogens is 354 g/mol. The van der Waals surface area contributed by atoms with E-state index < -0.39 is 15.4 Å². The standard InChI is InChI=1S/C15H23N3O4S.ClH/c1-23(20,21)18-13-4-2-3-12(9-13)10-17-14(19)15(11-16)5-7-22-8-6-15;/h2-4,9,18H,5-8,10-11,16H2,1H3,(H,17,19);1H. The predicted octanol–water partition coefficient (Wildman–Crippen LogP) is 0.852. The fourth-order valence-corrected chi connectivity index (χ4v) is 3.17. The second kappa shape index (κ2) is 8.66. The molecule has 0 bridgehead atoms. The van der Waals surface area contributed by atoms with Crippen molar-refractivity contribution in [1.29, 1.82) is 0 Å². The van der Waals surface area contributed by atoms with E-state index in [1.165, 1.54) is 0 Å². The number of nitrogens with one attached hydrogen (secondary N) is 2. The molecule has 0 aromatic heterocycles. The Labute approximate surface area is 148 Å². The lowest BCUT2D eigenvalue weighted by Crippen LogP contribution is -2.48. The zero-order valence-electron chi connectivity index (χ0n) is 13.6. The second-order valence-electron chi connectivity index (χ2n) is 5.85. The van der Waals surface area contributed by atoms with E-state index >= 15 is 0 Å². The van der Waals surface area contributed by atoms with Crippen LogP contribution in [0.4, 0.5) is 5.69 Å². The van der Waals surface area contributed by atoms with Gasteiger partial charge in [-0.15, -0.1) is 12.4 Å². The quantitative estimate of drug-likeness (QED) is 0.680. The van der Waals surface area contributed by atoms with Crippen LogP contribution in [0.3, 0.4) is 0 Å². The molecule has 7 nitrogen and oxygen atoms in total. The van der Waals surface area contributed by atoms with Gasteiger partial charge in [0.15, 0.2) is 0 Å². The van der Waals surface area contributed by atoms with E-state index in [0.717, 1.165) is 11.8 Å². The Bertz CT molecular complexity index is 660. The Morgan fingerprint density at radius 3 is 2.58 bits per heavy atom. The SMILES string of the molecule is CS(=O)(=O)Nc1cccc(CNC(=O)C2(CN)CCOCC2)c1.Cl. The van der Waals surface area contributed by atoms with Crippen molar-refractivity contribution in [2.45, 2.75) is 19.4 Å². The Hall–Kier alpha value is -1.35. The Balaban J connectivity index is 0.00000288. The van der Waals surface area contributed by atoms with Crippen LogP contribution in [-0.4, -0.2) is 40.3 Å². The maximum atomic E-state index is 12.5. The van der Waals surface area contributed by atoms with Crippen molar-refractivity contribution in [3.8, 4) is 0 Å². The molecule has 1 heterocycles. The minimum absolute atomic E-state index is 0. The lowest BCUT2D eigenvalue weighted by molar-refractivity contribution is -0.136. The first-order valence-electron chi connectivity index (χ1n) is 7.47. The molecular formula is C15H24ClN3O4S. The molecule has 0 radical (unpaired) electrons. The van der Waals surface area contributed by atoms with Gasteiger partial charge in [-0.25, -0.2) is 8.42 Å². The number of anilines is 1.